The molecule has 0 aliphatic rings. The van der Waals surface area contributed by atoms with E-state index in [1.165, 1.54) is 0 Å². The van der Waals surface area contributed by atoms with Crippen molar-refractivity contribution in [2.24, 2.45) is 0 Å². The summed E-state index contributed by atoms with van der Waals surface area (Å²) in [4.78, 5) is 27.3. The van der Waals surface area contributed by atoms with Crippen molar-refractivity contribution in [3.63, 3.8) is 0 Å². The molecule has 0 aliphatic heterocycles. The van der Waals surface area contributed by atoms with Crippen molar-refractivity contribution in [2.45, 2.75) is 19.6 Å². The first-order chi connectivity index (χ1) is 18.4. The Morgan fingerprint density at radius 2 is 1.74 bits per heavy atom. The van der Waals surface area contributed by atoms with Gasteiger partial charge in [0.25, 0.3) is 0 Å². The number of halogens is 1. The molecule has 0 amide bonds. The number of rotatable bonds is 9. The molecule has 5 rings (SSSR count). The Hall–Kier alpha value is -4.62. The predicted molar refractivity (Wildman–Crippen MR) is 147 cm³/mol. The summed E-state index contributed by atoms with van der Waals surface area (Å²) in [6.07, 6.45) is 5.24. The molecular formula is C30H23ClN2O5. The Kier molecular flexibility index (Phi) is 7.11. The zero-order valence-corrected chi connectivity index (χ0v) is 20.9. The highest BCUT2D eigenvalue weighted by molar-refractivity contribution is 6.31. The van der Waals surface area contributed by atoms with Crippen LogP contribution in [0.4, 0.5) is 0 Å². The molecular weight excluding hydrogens is 504 g/mol. The van der Waals surface area contributed by atoms with Crippen molar-refractivity contribution >= 4 is 57.5 Å². The highest BCUT2D eigenvalue weighted by Gasteiger charge is 2.15. The zero-order valence-electron chi connectivity index (χ0n) is 20.2. The van der Waals surface area contributed by atoms with Gasteiger partial charge in [-0.05, 0) is 53.1 Å². The molecule has 190 valence electrons. The molecule has 0 atom stereocenters. The van der Waals surface area contributed by atoms with E-state index < -0.39 is 11.9 Å². The van der Waals surface area contributed by atoms with Gasteiger partial charge in [-0.1, -0.05) is 60.2 Å². The minimum absolute atomic E-state index is 0.195. The van der Waals surface area contributed by atoms with E-state index in [0.717, 1.165) is 33.1 Å². The largest absolute Gasteiger partial charge is 0.487 e. The molecule has 0 unspecified atom stereocenters. The fraction of sp³-hybridized carbons (Fsp3) is 0.100. The quantitative estimate of drug-likeness (QED) is 0.218. The van der Waals surface area contributed by atoms with Gasteiger partial charge in [0.2, 0.25) is 0 Å². The van der Waals surface area contributed by atoms with Gasteiger partial charge in [-0.15, -0.1) is 0 Å². The molecule has 2 aromatic heterocycles. The van der Waals surface area contributed by atoms with Crippen LogP contribution in [0.25, 0.3) is 34.0 Å². The molecule has 2 N–H and O–H groups in total. The average Bonchev–Trinajstić information content (AvgIpc) is 3.22. The second-order valence-corrected chi connectivity index (χ2v) is 9.25. The minimum atomic E-state index is -0.993. The average molecular weight is 527 g/mol. The summed E-state index contributed by atoms with van der Waals surface area (Å²) >= 11 is 6.08. The highest BCUT2D eigenvalue weighted by Crippen LogP contribution is 2.28. The first kappa shape index (κ1) is 25.0. The van der Waals surface area contributed by atoms with Gasteiger partial charge in [-0.2, -0.15) is 0 Å². The van der Waals surface area contributed by atoms with Crippen LogP contribution in [-0.2, 0) is 29.2 Å². The molecule has 0 radical (unpaired) electrons. The van der Waals surface area contributed by atoms with Crippen molar-refractivity contribution in [3.8, 4) is 5.75 Å². The van der Waals surface area contributed by atoms with E-state index in [-0.39, 0.29) is 13.0 Å². The summed E-state index contributed by atoms with van der Waals surface area (Å²) in [7, 11) is 0. The van der Waals surface area contributed by atoms with Crippen LogP contribution in [0, 0.1) is 0 Å². The molecule has 3 aromatic carbocycles. The third-order valence-electron chi connectivity index (χ3n) is 6.10. The van der Waals surface area contributed by atoms with Gasteiger partial charge in [-0.25, -0.2) is 4.98 Å². The number of hydrogen-bond donors (Lipinski definition) is 2. The van der Waals surface area contributed by atoms with E-state index in [4.69, 9.17) is 16.3 Å². The maximum atomic E-state index is 11.4. The Morgan fingerprint density at radius 1 is 0.947 bits per heavy atom. The SMILES string of the molecule is O=C(O)Cc1cn(CC(=O)O)c2cccc(/C=C/c3ccc(OCc4ccc5ccc(Cl)cc5n4)cc3)c12. The number of carboxylic acids is 2. The van der Waals surface area contributed by atoms with Gasteiger partial charge in [0.15, 0.2) is 0 Å². The number of pyridine rings is 1. The summed E-state index contributed by atoms with van der Waals surface area (Å²) in [6, 6.07) is 22.6. The molecule has 5 aromatic rings. The predicted octanol–water partition coefficient (Wildman–Crippen LogP) is 6.30. The smallest absolute Gasteiger partial charge is 0.323 e. The minimum Gasteiger partial charge on any atom is -0.487 e. The second-order valence-electron chi connectivity index (χ2n) is 8.82. The number of hydrogen-bond acceptors (Lipinski definition) is 4. The molecule has 0 fully saturated rings. The van der Waals surface area contributed by atoms with E-state index >= 15 is 0 Å². The number of aromatic nitrogens is 2. The zero-order chi connectivity index (χ0) is 26.6. The van der Waals surface area contributed by atoms with Gasteiger partial charge in [0, 0.05) is 27.5 Å². The van der Waals surface area contributed by atoms with Crippen molar-refractivity contribution in [2.75, 3.05) is 0 Å². The Labute approximate surface area is 223 Å². The van der Waals surface area contributed by atoms with Crippen LogP contribution in [0.15, 0.2) is 79.0 Å². The lowest BCUT2D eigenvalue weighted by molar-refractivity contribution is -0.138. The Balaban J connectivity index is 1.33. The van der Waals surface area contributed by atoms with Crippen LogP contribution in [-0.4, -0.2) is 31.7 Å². The second kappa shape index (κ2) is 10.8. The molecule has 7 nitrogen and oxygen atoms in total. The molecule has 0 saturated carbocycles. The molecule has 0 spiro atoms. The number of ether oxygens (including phenoxy) is 1. The first-order valence-electron chi connectivity index (χ1n) is 11.9. The van der Waals surface area contributed by atoms with Crippen molar-refractivity contribution in [3.05, 3.63) is 106 Å². The lowest BCUT2D eigenvalue weighted by atomic mass is 10.0. The number of aliphatic carboxylic acids is 2. The summed E-state index contributed by atoms with van der Waals surface area (Å²) in [5.41, 5.74) is 4.60. The van der Waals surface area contributed by atoms with Crippen LogP contribution in [0.5, 0.6) is 5.75 Å². The van der Waals surface area contributed by atoms with Crippen LogP contribution in [0.2, 0.25) is 5.02 Å². The van der Waals surface area contributed by atoms with Gasteiger partial charge in [0.05, 0.1) is 17.6 Å². The lowest BCUT2D eigenvalue weighted by Crippen LogP contribution is -2.07. The Bertz CT molecular complexity index is 1690. The first-order valence-corrected chi connectivity index (χ1v) is 12.2. The normalized spacial score (nSPS) is 11.4. The highest BCUT2D eigenvalue weighted by atomic mass is 35.5. The summed E-state index contributed by atoms with van der Waals surface area (Å²) in [5, 5.41) is 21.0. The summed E-state index contributed by atoms with van der Waals surface area (Å²) < 4.78 is 7.48. The molecule has 8 heteroatoms. The Morgan fingerprint density at radius 3 is 2.50 bits per heavy atom. The third-order valence-corrected chi connectivity index (χ3v) is 6.33. The standard InChI is InChI=1S/C30H23ClN2O5/c31-23-10-8-20-9-11-24(32-26(20)15-23)18-38-25-12-5-19(6-13-25)4-7-21-2-1-3-27-30(21)22(14-28(34)35)16-33(27)17-29(36)37/h1-13,15-16H,14,17-18H2,(H,34,35)(H,36,37)/b7-4+. The molecule has 0 aliphatic carbocycles. The summed E-state index contributed by atoms with van der Waals surface area (Å²) in [5.74, 6) is -1.27. The molecule has 2 heterocycles. The van der Waals surface area contributed by atoms with Crippen LogP contribution >= 0.6 is 11.6 Å². The van der Waals surface area contributed by atoms with Crippen molar-refractivity contribution in [1.29, 1.82) is 0 Å². The number of nitrogens with zero attached hydrogens (tertiary/aromatic N) is 2. The third kappa shape index (κ3) is 5.68. The van der Waals surface area contributed by atoms with E-state index in [0.29, 0.717) is 28.5 Å². The molecule has 38 heavy (non-hydrogen) atoms. The van der Waals surface area contributed by atoms with Crippen molar-refractivity contribution in [1.82, 2.24) is 9.55 Å². The molecule has 0 bridgehead atoms. The lowest BCUT2D eigenvalue weighted by Gasteiger charge is -2.07. The number of carboxylic acid groups (broad SMARTS) is 2. The maximum absolute atomic E-state index is 11.4. The van der Waals surface area contributed by atoms with Gasteiger partial charge < -0.3 is 19.5 Å². The van der Waals surface area contributed by atoms with Crippen LogP contribution in [0.3, 0.4) is 0 Å². The fourth-order valence-corrected chi connectivity index (χ4v) is 4.58. The maximum Gasteiger partial charge on any atom is 0.323 e. The van der Waals surface area contributed by atoms with Crippen LogP contribution in [0.1, 0.15) is 22.4 Å². The number of carbonyl (C=O) groups is 2. The van der Waals surface area contributed by atoms with E-state index in [2.05, 4.69) is 4.98 Å². The van der Waals surface area contributed by atoms with Crippen molar-refractivity contribution < 1.29 is 24.5 Å². The molecule has 0 saturated heterocycles. The van der Waals surface area contributed by atoms with E-state index in [1.54, 1.807) is 16.8 Å². The van der Waals surface area contributed by atoms with Crippen LogP contribution < -0.4 is 4.74 Å². The number of benzene rings is 3. The fourth-order valence-electron chi connectivity index (χ4n) is 4.41. The van der Waals surface area contributed by atoms with Gasteiger partial charge >= 0.3 is 11.9 Å². The summed E-state index contributed by atoms with van der Waals surface area (Å²) in [6.45, 7) is 0.0759. The van der Waals surface area contributed by atoms with Gasteiger partial charge in [0.1, 0.15) is 18.9 Å². The monoisotopic (exact) mass is 526 g/mol. The van der Waals surface area contributed by atoms with Gasteiger partial charge in [-0.3, -0.25) is 9.59 Å². The van der Waals surface area contributed by atoms with E-state index in [1.807, 2.05) is 78.9 Å². The van der Waals surface area contributed by atoms with E-state index in [9.17, 15) is 19.8 Å². The topological polar surface area (TPSA) is 102 Å². The number of fused-ring (bicyclic) bond motifs is 2.